The Kier molecular flexibility index (Phi) is 7.62. The van der Waals surface area contributed by atoms with Gasteiger partial charge in [0.15, 0.2) is 0 Å². The van der Waals surface area contributed by atoms with Crippen LogP contribution in [0.4, 0.5) is 0 Å². The van der Waals surface area contributed by atoms with Gasteiger partial charge in [0.25, 0.3) is 0 Å². The summed E-state index contributed by atoms with van der Waals surface area (Å²) in [6.07, 6.45) is 5.57. The molecular weight excluding hydrogens is 242 g/mol. The van der Waals surface area contributed by atoms with Crippen LogP contribution in [0.25, 0.3) is 0 Å². The highest BCUT2D eigenvalue weighted by atomic mass is 16.5. The van der Waals surface area contributed by atoms with E-state index in [0.717, 1.165) is 38.1 Å². The number of rotatable bonds is 10. The second kappa shape index (κ2) is 9.01. The van der Waals surface area contributed by atoms with Crippen LogP contribution in [-0.4, -0.2) is 33.5 Å². The third-order valence-electron chi connectivity index (χ3n) is 3.15. The van der Waals surface area contributed by atoms with Crippen LogP contribution >= 0.6 is 0 Å². The SMILES string of the molecule is CCCC(OCC)C(Cc1ncnn1CCC)NN. The van der Waals surface area contributed by atoms with Crippen LogP contribution in [0.2, 0.25) is 0 Å². The predicted octanol–water partition coefficient (Wildman–Crippen LogP) is 1.27. The van der Waals surface area contributed by atoms with Gasteiger partial charge in [0.1, 0.15) is 12.2 Å². The van der Waals surface area contributed by atoms with Gasteiger partial charge >= 0.3 is 0 Å². The normalized spacial score (nSPS) is 14.5. The zero-order chi connectivity index (χ0) is 14.1. The lowest BCUT2D eigenvalue weighted by Crippen LogP contribution is -2.47. The number of aryl methyl sites for hydroxylation is 1. The van der Waals surface area contributed by atoms with E-state index >= 15 is 0 Å². The van der Waals surface area contributed by atoms with Crippen LogP contribution < -0.4 is 11.3 Å². The molecule has 1 rings (SSSR count). The molecule has 3 N–H and O–H groups in total. The predicted molar refractivity (Wildman–Crippen MR) is 75.5 cm³/mol. The van der Waals surface area contributed by atoms with E-state index in [1.54, 1.807) is 6.33 Å². The van der Waals surface area contributed by atoms with Crippen molar-refractivity contribution in [2.75, 3.05) is 6.61 Å². The molecule has 1 aromatic rings. The first-order chi connectivity index (χ1) is 9.26. The van der Waals surface area contributed by atoms with Gasteiger partial charge in [0, 0.05) is 19.6 Å². The fourth-order valence-electron chi connectivity index (χ4n) is 2.24. The van der Waals surface area contributed by atoms with Gasteiger partial charge < -0.3 is 4.74 Å². The standard InChI is InChI=1S/C13H27N5O/c1-4-7-12(19-6-3)11(17-14)9-13-15-10-16-18(13)8-5-2/h10-12,17H,4-9,14H2,1-3H3. The van der Waals surface area contributed by atoms with Gasteiger partial charge in [-0.15, -0.1) is 0 Å². The molecule has 6 nitrogen and oxygen atoms in total. The summed E-state index contributed by atoms with van der Waals surface area (Å²) in [5.74, 6) is 6.65. The maximum Gasteiger partial charge on any atom is 0.138 e. The van der Waals surface area contributed by atoms with Crippen LogP contribution in [0, 0.1) is 0 Å². The topological polar surface area (TPSA) is 78.0 Å². The van der Waals surface area contributed by atoms with Crippen molar-refractivity contribution < 1.29 is 4.74 Å². The number of hydrogen-bond donors (Lipinski definition) is 2. The summed E-state index contributed by atoms with van der Waals surface area (Å²) in [5, 5.41) is 4.24. The molecule has 0 aliphatic heterocycles. The Morgan fingerprint density at radius 1 is 1.37 bits per heavy atom. The molecule has 0 aromatic carbocycles. The largest absolute Gasteiger partial charge is 0.377 e. The van der Waals surface area contributed by atoms with E-state index in [2.05, 4.69) is 29.4 Å². The van der Waals surface area contributed by atoms with Crippen molar-refractivity contribution in [3.8, 4) is 0 Å². The summed E-state index contributed by atoms with van der Waals surface area (Å²) in [4.78, 5) is 4.33. The highest BCUT2D eigenvalue weighted by Gasteiger charge is 2.22. The molecule has 2 atom stereocenters. The second-order valence-electron chi connectivity index (χ2n) is 4.66. The number of aromatic nitrogens is 3. The van der Waals surface area contributed by atoms with Crippen LogP contribution in [0.1, 0.15) is 45.9 Å². The van der Waals surface area contributed by atoms with Crippen molar-refractivity contribution >= 4 is 0 Å². The number of nitrogens with zero attached hydrogens (tertiary/aromatic N) is 3. The Balaban J connectivity index is 2.70. The van der Waals surface area contributed by atoms with E-state index in [-0.39, 0.29) is 12.1 Å². The van der Waals surface area contributed by atoms with E-state index in [1.165, 1.54) is 0 Å². The van der Waals surface area contributed by atoms with Crippen LogP contribution in [0.15, 0.2) is 6.33 Å². The fraction of sp³-hybridized carbons (Fsp3) is 0.846. The molecule has 2 unspecified atom stereocenters. The Morgan fingerprint density at radius 2 is 2.16 bits per heavy atom. The van der Waals surface area contributed by atoms with Gasteiger partial charge in [0.05, 0.1) is 12.1 Å². The summed E-state index contributed by atoms with van der Waals surface area (Å²) >= 11 is 0. The molecule has 0 amide bonds. The molecule has 0 bridgehead atoms. The Bertz CT molecular complexity index is 336. The molecule has 0 spiro atoms. The molecule has 110 valence electrons. The number of nitrogens with one attached hydrogen (secondary N) is 1. The van der Waals surface area contributed by atoms with Gasteiger partial charge in [-0.3, -0.25) is 16.0 Å². The van der Waals surface area contributed by atoms with Gasteiger partial charge in [0.2, 0.25) is 0 Å². The second-order valence-corrected chi connectivity index (χ2v) is 4.66. The zero-order valence-electron chi connectivity index (χ0n) is 12.3. The molecule has 0 aliphatic carbocycles. The lowest BCUT2D eigenvalue weighted by molar-refractivity contribution is 0.0274. The van der Waals surface area contributed by atoms with E-state index < -0.39 is 0 Å². The number of hydrazine groups is 1. The third kappa shape index (κ3) is 4.89. The maximum atomic E-state index is 5.78. The average molecular weight is 269 g/mol. The van der Waals surface area contributed by atoms with Gasteiger partial charge in [-0.25, -0.2) is 4.98 Å². The van der Waals surface area contributed by atoms with Gasteiger partial charge in [-0.1, -0.05) is 20.3 Å². The van der Waals surface area contributed by atoms with Crippen molar-refractivity contribution in [2.45, 2.75) is 65.1 Å². The smallest absolute Gasteiger partial charge is 0.138 e. The minimum atomic E-state index is 0.0692. The number of hydrogen-bond acceptors (Lipinski definition) is 5. The first-order valence-corrected chi connectivity index (χ1v) is 7.21. The maximum absolute atomic E-state index is 5.78. The van der Waals surface area contributed by atoms with Crippen molar-refractivity contribution in [3.05, 3.63) is 12.2 Å². The monoisotopic (exact) mass is 269 g/mol. The van der Waals surface area contributed by atoms with Gasteiger partial charge in [-0.2, -0.15) is 5.10 Å². The number of ether oxygens (including phenoxy) is 1. The fourth-order valence-corrected chi connectivity index (χ4v) is 2.24. The molecule has 19 heavy (non-hydrogen) atoms. The Morgan fingerprint density at radius 3 is 2.74 bits per heavy atom. The minimum Gasteiger partial charge on any atom is -0.377 e. The van der Waals surface area contributed by atoms with Crippen LogP contribution in [-0.2, 0) is 17.7 Å². The van der Waals surface area contributed by atoms with Crippen molar-refractivity contribution in [3.63, 3.8) is 0 Å². The summed E-state index contributed by atoms with van der Waals surface area (Å²) in [5.41, 5.74) is 2.87. The summed E-state index contributed by atoms with van der Waals surface area (Å²) in [7, 11) is 0. The molecule has 0 fully saturated rings. The summed E-state index contributed by atoms with van der Waals surface area (Å²) < 4.78 is 7.73. The summed E-state index contributed by atoms with van der Waals surface area (Å²) in [6.45, 7) is 7.88. The quantitative estimate of drug-likeness (QED) is 0.494. The van der Waals surface area contributed by atoms with Crippen molar-refractivity contribution in [1.29, 1.82) is 0 Å². The first kappa shape index (κ1) is 16.1. The Labute approximate surface area is 115 Å². The minimum absolute atomic E-state index is 0.0692. The van der Waals surface area contributed by atoms with E-state index in [0.29, 0.717) is 6.61 Å². The zero-order valence-corrected chi connectivity index (χ0v) is 12.3. The lowest BCUT2D eigenvalue weighted by Gasteiger charge is -2.26. The molecule has 0 radical (unpaired) electrons. The van der Waals surface area contributed by atoms with E-state index in [9.17, 15) is 0 Å². The highest BCUT2D eigenvalue weighted by Crippen LogP contribution is 2.11. The third-order valence-corrected chi connectivity index (χ3v) is 3.15. The van der Waals surface area contributed by atoms with Crippen LogP contribution in [0.3, 0.4) is 0 Å². The molecule has 1 aromatic heterocycles. The Hall–Kier alpha value is -0.980. The number of nitrogens with two attached hydrogens (primary N) is 1. The molecule has 1 heterocycles. The molecule has 6 heteroatoms. The van der Waals surface area contributed by atoms with Crippen LogP contribution in [0.5, 0.6) is 0 Å². The first-order valence-electron chi connectivity index (χ1n) is 7.21. The average Bonchev–Trinajstić information content (AvgIpc) is 2.83. The highest BCUT2D eigenvalue weighted by molar-refractivity contribution is 4.92. The van der Waals surface area contributed by atoms with E-state index in [4.69, 9.17) is 10.6 Å². The molecule has 0 aliphatic rings. The lowest BCUT2D eigenvalue weighted by atomic mass is 10.0. The van der Waals surface area contributed by atoms with Crippen molar-refractivity contribution in [2.24, 2.45) is 5.84 Å². The van der Waals surface area contributed by atoms with Gasteiger partial charge in [-0.05, 0) is 19.8 Å². The summed E-state index contributed by atoms with van der Waals surface area (Å²) in [6, 6.07) is 0.0692. The van der Waals surface area contributed by atoms with Crippen molar-refractivity contribution in [1.82, 2.24) is 20.2 Å². The molecular formula is C13H27N5O. The van der Waals surface area contributed by atoms with E-state index in [1.807, 2.05) is 11.6 Å². The molecule has 0 saturated carbocycles. The molecule has 0 saturated heterocycles.